The van der Waals surface area contributed by atoms with Crippen LogP contribution < -0.4 is 5.32 Å². The first-order valence-corrected chi connectivity index (χ1v) is 2.54. The van der Waals surface area contributed by atoms with Crippen LogP contribution in [0.15, 0.2) is 0 Å². The first kappa shape index (κ1) is 3.03. The fourth-order valence-corrected chi connectivity index (χ4v) is 1.21. The van der Waals surface area contributed by atoms with Gasteiger partial charge in [-0.05, 0) is 25.3 Å². The van der Waals surface area contributed by atoms with Gasteiger partial charge < -0.3 is 5.32 Å². The molecule has 6 heavy (non-hydrogen) atoms. The maximum Gasteiger partial charge on any atom is 0.0370 e. The largest absolute Gasteiger partial charge is 0.309 e. The van der Waals surface area contributed by atoms with Crippen molar-refractivity contribution in [1.29, 1.82) is 0 Å². The zero-order chi connectivity index (χ0) is 3.98. The Bertz CT molecular complexity index is 50.8. The summed E-state index contributed by atoms with van der Waals surface area (Å²) in [4.78, 5) is 0. The Kier molecular flexibility index (Phi) is 0.396. The summed E-state index contributed by atoms with van der Waals surface area (Å²) in [5, 5.41) is 3.31. The van der Waals surface area contributed by atoms with E-state index in [9.17, 15) is 0 Å². The molecule has 0 unspecified atom stereocenters. The summed E-state index contributed by atoms with van der Waals surface area (Å²) in [5.41, 5.74) is 0. The van der Waals surface area contributed by atoms with Crippen LogP contribution in [0.2, 0.25) is 0 Å². The Balaban J connectivity index is 2.16. The minimum atomic E-state index is 1.04. The highest BCUT2D eigenvalue weighted by atomic mass is 15.0. The van der Waals surface area contributed by atoms with E-state index in [-0.39, 0.29) is 0 Å². The van der Waals surface area contributed by atoms with Gasteiger partial charge in [0, 0.05) is 6.04 Å². The first-order valence-electron chi connectivity index (χ1n) is 2.54. The molecule has 1 N–H and O–H groups in total. The van der Waals surface area contributed by atoms with Crippen LogP contribution in [0.4, 0.5) is 0 Å². The van der Waals surface area contributed by atoms with Crippen LogP contribution in [0, 0.1) is 12.0 Å². The fraction of sp³-hybridized carbons (Fsp3) is 0.800. The van der Waals surface area contributed by atoms with Crippen LogP contribution >= 0.6 is 0 Å². The molecule has 3 aliphatic rings. The molecule has 2 saturated heterocycles. The van der Waals surface area contributed by atoms with E-state index in [1.54, 1.807) is 6.04 Å². The van der Waals surface area contributed by atoms with Crippen LogP contribution in [-0.4, -0.2) is 6.54 Å². The predicted octanol–water partition coefficient (Wildman–Crippen LogP) is 0.532. The lowest BCUT2D eigenvalue weighted by Gasteiger charge is -2.18. The van der Waals surface area contributed by atoms with Crippen molar-refractivity contribution in [3.05, 3.63) is 6.04 Å². The van der Waals surface area contributed by atoms with Gasteiger partial charge in [-0.1, -0.05) is 0 Å². The monoisotopic (exact) mass is 82.1 g/mol. The molecule has 0 amide bonds. The molecular weight excluding hydrogens is 74.1 g/mol. The Hall–Kier alpha value is -0.0400. The maximum absolute atomic E-state index is 3.31. The zero-order valence-electron chi connectivity index (χ0n) is 3.70. The minimum Gasteiger partial charge on any atom is -0.309 e. The van der Waals surface area contributed by atoms with Gasteiger partial charge in [0.25, 0.3) is 0 Å². The third-order valence-corrected chi connectivity index (χ3v) is 1.71. The van der Waals surface area contributed by atoms with Crippen molar-refractivity contribution in [2.45, 2.75) is 12.8 Å². The number of hydrogen-bond donors (Lipinski definition) is 1. The molecule has 1 aliphatic carbocycles. The van der Waals surface area contributed by atoms with Crippen molar-refractivity contribution in [1.82, 2.24) is 5.32 Å². The lowest BCUT2D eigenvalue weighted by atomic mass is 9.87. The van der Waals surface area contributed by atoms with Crippen molar-refractivity contribution >= 4 is 0 Å². The van der Waals surface area contributed by atoms with Gasteiger partial charge in [0.1, 0.15) is 0 Å². The van der Waals surface area contributed by atoms with E-state index in [4.69, 9.17) is 0 Å². The molecule has 1 saturated carbocycles. The quantitative estimate of drug-likeness (QED) is 0.449. The van der Waals surface area contributed by atoms with E-state index in [2.05, 4.69) is 5.32 Å². The first-order chi connectivity index (χ1) is 2.95. The van der Waals surface area contributed by atoms with Gasteiger partial charge in [0.15, 0.2) is 0 Å². The highest BCUT2D eigenvalue weighted by Gasteiger charge is 2.35. The van der Waals surface area contributed by atoms with Crippen molar-refractivity contribution < 1.29 is 0 Å². The molecule has 0 aromatic rings. The third kappa shape index (κ3) is 0.207. The van der Waals surface area contributed by atoms with Gasteiger partial charge in [0.05, 0.1) is 0 Å². The summed E-state index contributed by atoms with van der Waals surface area (Å²) >= 11 is 0. The number of nitrogens with one attached hydrogen (secondary N) is 1. The van der Waals surface area contributed by atoms with Gasteiger partial charge in [-0.2, -0.15) is 0 Å². The van der Waals surface area contributed by atoms with Crippen LogP contribution in [0.3, 0.4) is 0 Å². The summed E-state index contributed by atoms with van der Waals surface area (Å²) < 4.78 is 0. The summed E-state index contributed by atoms with van der Waals surface area (Å²) in [6.45, 7) is 1.27. The van der Waals surface area contributed by atoms with E-state index in [0.717, 1.165) is 5.92 Å². The lowest BCUT2D eigenvalue weighted by Crippen LogP contribution is -2.13. The molecule has 0 atom stereocenters. The van der Waals surface area contributed by atoms with E-state index < -0.39 is 0 Å². The zero-order valence-corrected chi connectivity index (χ0v) is 3.70. The van der Waals surface area contributed by atoms with Crippen LogP contribution in [0.1, 0.15) is 12.8 Å². The average Bonchev–Trinajstić information content (AvgIpc) is 1.72. The van der Waals surface area contributed by atoms with Gasteiger partial charge >= 0.3 is 0 Å². The number of fused-ring (bicyclic) bond motifs is 1. The van der Waals surface area contributed by atoms with Gasteiger partial charge in [-0.15, -0.1) is 0 Å². The van der Waals surface area contributed by atoms with E-state index >= 15 is 0 Å². The molecule has 2 aliphatic heterocycles. The number of hydrogen-bond acceptors (Lipinski definition) is 1. The highest BCUT2D eigenvalue weighted by Crippen LogP contribution is 2.38. The van der Waals surface area contributed by atoms with Gasteiger partial charge in [-0.3, -0.25) is 0 Å². The summed E-state index contributed by atoms with van der Waals surface area (Å²) in [6, 6.07) is 1.60. The third-order valence-electron chi connectivity index (χ3n) is 1.71. The van der Waals surface area contributed by atoms with Crippen LogP contribution in [0.25, 0.3) is 0 Å². The Labute approximate surface area is 37.7 Å². The fourth-order valence-electron chi connectivity index (χ4n) is 1.21. The molecular formula is C5H8N. The predicted molar refractivity (Wildman–Crippen MR) is 24.0 cm³/mol. The molecule has 3 fully saturated rings. The maximum atomic E-state index is 3.31. The molecule has 2 heterocycles. The molecule has 33 valence electrons. The SMILES string of the molecule is C1N[C]2CC1C2. The van der Waals surface area contributed by atoms with Crippen molar-refractivity contribution in [3.8, 4) is 0 Å². The standard InChI is InChI=1S/C5H8N/c1-4-2-5(1)6-3-4/h4,6H,1-3H2. The molecule has 1 heteroatoms. The lowest BCUT2D eigenvalue weighted by molar-refractivity contribution is 0.465. The Morgan fingerprint density at radius 3 is 2.50 bits per heavy atom. The molecule has 3 rings (SSSR count). The highest BCUT2D eigenvalue weighted by molar-refractivity contribution is 5.08. The van der Waals surface area contributed by atoms with Crippen LogP contribution in [0.5, 0.6) is 0 Å². The van der Waals surface area contributed by atoms with E-state index in [1.165, 1.54) is 19.4 Å². The molecule has 0 aromatic heterocycles. The molecule has 1 radical (unpaired) electrons. The second kappa shape index (κ2) is 0.784. The Morgan fingerprint density at radius 1 is 1.50 bits per heavy atom. The van der Waals surface area contributed by atoms with Crippen molar-refractivity contribution in [3.63, 3.8) is 0 Å². The van der Waals surface area contributed by atoms with E-state index in [0.29, 0.717) is 0 Å². The summed E-state index contributed by atoms with van der Waals surface area (Å²) in [5.74, 6) is 1.04. The average molecular weight is 82.1 g/mol. The van der Waals surface area contributed by atoms with Crippen molar-refractivity contribution in [2.75, 3.05) is 6.54 Å². The Morgan fingerprint density at radius 2 is 2.33 bits per heavy atom. The smallest absolute Gasteiger partial charge is 0.0370 e. The van der Waals surface area contributed by atoms with E-state index in [1.807, 2.05) is 0 Å². The molecule has 0 spiro atoms. The van der Waals surface area contributed by atoms with Gasteiger partial charge in [-0.25, -0.2) is 0 Å². The van der Waals surface area contributed by atoms with Crippen LogP contribution in [-0.2, 0) is 0 Å². The second-order valence-corrected chi connectivity index (χ2v) is 2.26. The summed E-state index contributed by atoms with van der Waals surface area (Å²) in [6.07, 6.45) is 2.78. The van der Waals surface area contributed by atoms with Gasteiger partial charge in [0.2, 0.25) is 0 Å². The minimum absolute atomic E-state index is 1.04. The normalized spacial score (nSPS) is 34.0. The molecule has 2 bridgehead atoms. The summed E-state index contributed by atoms with van der Waals surface area (Å²) in [7, 11) is 0. The molecule has 1 nitrogen and oxygen atoms in total. The second-order valence-electron chi connectivity index (χ2n) is 2.26. The topological polar surface area (TPSA) is 12.0 Å². The van der Waals surface area contributed by atoms with Crippen molar-refractivity contribution in [2.24, 2.45) is 5.92 Å². The molecule has 0 aromatic carbocycles. The number of rotatable bonds is 0.